The quantitative estimate of drug-likeness (QED) is 0.293. The van der Waals surface area contributed by atoms with Gasteiger partial charge in [0.1, 0.15) is 5.65 Å². The predicted octanol–water partition coefficient (Wildman–Crippen LogP) is 6.16. The summed E-state index contributed by atoms with van der Waals surface area (Å²) in [5.41, 5.74) is 8.42. The van der Waals surface area contributed by atoms with Gasteiger partial charge in [0.2, 0.25) is 0 Å². The van der Waals surface area contributed by atoms with Gasteiger partial charge in [0.15, 0.2) is 0 Å². The molecule has 2 aromatic carbocycles. The van der Waals surface area contributed by atoms with E-state index in [1.165, 1.54) is 16.7 Å². The summed E-state index contributed by atoms with van der Waals surface area (Å²) in [7, 11) is 3.44. The molecule has 3 N–H and O–H groups in total. The van der Waals surface area contributed by atoms with Gasteiger partial charge in [0.05, 0.1) is 0 Å². The van der Waals surface area contributed by atoms with Crippen molar-refractivity contribution >= 4 is 28.5 Å². The zero-order chi connectivity index (χ0) is 24.1. The number of urea groups is 1. The van der Waals surface area contributed by atoms with Gasteiger partial charge in [-0.25, -0.2) is 9.78 Å². The Balaban J connectivity index is 1.71. The minimum absolute atomic E-state index is 0.110. The molecule has 2 heterocycles. The number of carbonyl (C=O) groups is 1. The normalized spacial score (nSPS) is 12.5. The number of nitrogens with zero attached hydrogens (tertiary/aromatic N) is 2. The molecule has 4 aromatic rings. The number of carbonyl (C=O) groups excluding carboxylic acids is 1. The molecule has 0 aliphatic heterocycles. The lowest BCUT2D eigenvalue weighted by Gasteiger charge is -2.19. The third kappa shape index (κ3) is 4.71. The summed E-state index contributed by atoms with van der Waals surface area (Å²) < 4.78 is 0. The Kier molecular flexibility index (Phi) is 7.07. The predicted molar refractivity (Wildman–Crippen MR) is 141 cm³/mol. The van der Waals surface area contributed by atoms with Crippen LogP contribution in [0.25, 0.3) is 22.3 Å². The van der Waals surface area contributed by atoms with E-state index >= 15 is 0 Å². The number of pyridine rings is 1. The fraction of sp³-hybridized carbons (Fsp3) is 0.250. The zero-order valence-electron chi connectivity index (χ0n) is 20.1. The highest BCUT2D eigenvalue weighted by atomic mass is 16.2. The lowest BCUT2D eigenvalue weighted by Crippen LogP contribution is -2.24. The monoisotopic (exact) mass is 453 g/mol. The number of hydrogen-bond donors (Lipinski definition) is 3. The fourth-order valence-corrected chi connectivity index (χ4v) is 4.43. The van der Waals surface area contributed by atoms with E-state index in [-0.39, 0.29) is 11.9 Å². The Labute approximate surface area is 200 Å². The molecule has 4 rings (SSSR count). The summed E-state index contributed by atoms with van der Waals surface area (Å²) in [6.07, 6.45) is 3.77. The van der Waals surface area contributed by atoms with Gasteiger partial charge in [-0.15, -0.1) is 0 Å². The van der Waals surface area contributed by atoms with Crippen molar-refractivity contribution in [3.63, 3.8) is 0 Å². The second kappa shape index (κ2) is 10.3. The number of aliphatic imine (C=N–C) groups is 1. The second-order valence-corrected chi connectivity index (χ2v) is 8.25. The first-order chi connectivity index (χ1) is 16.6. The SMILES string of the molecule is CCc1cccc(-c2cc3c(C(CC)C(=NC)c4ccc(NC(=O)NC)cc4)ccnc3[nH]2)c1. The highest BCUT2D eigenvalue weighted by Gasteiger charge is 2.21. The van der Waals surface area contributed by atoms with Crippen LogP contribution in [-0.4, -0.2) is 35.8 Å². The van der Waals surface area contributed by atoms with E-state index < -0.39 is 0 Å². The summed E-state index contributed by atoms with van der Waals surface area (Å²) in [5, 5.41) is 6.48. The number of aromatic amines is 1. The molecule has 0 spiro atoms. The van der Waals surface area contributed by atoms with Gasteiger partial charge in [-0.1, -0.05) is 44.2 Å². The third-order valence-corrected chi connectivity index (χ3v) is 6.23. The van der Waals surface area contributed by atoms with Crippen LogP contribution in [0, 0.1) is 0 Å². The fourth-order valence-electron chi connectivity index (χ4n) is 4.43. The molecular formula is C28H31N5O. The minimum Gasteiger partial charge on any atom is -0.341 e. The van der Waals surface area contributed by atoms with E-state index in [1.807, 2.05) is 37.5 Å². The van der Waals surface area contributed by atoms with Crippen molar-refractivity contribution in [1.82, 2.24) is 15.3 Å². The van der Waals surface area contributed by atoms with Gasteiger partial charge < -0.3 is 15.6 Å². The molecule has 174 valence electrons. The first-order valence-corrected chi connectivity index (χ1v) is 11.7. The van der Waals surface area contributed by atoms with Crippen molar-refractivity contribution in [3.8, 4) is 11.3 Å². The first kappa shape index (κ1) is 23.2. The molecule has 2 amide bonds. The molecule has 0 aliphatic rings. The van der Waals surface area contributed by atoms with Gasteiger partial charge in [-0.2, -0.15) is 0 Å². The van der Waals surface area contributed by atoms with Gasteiger partial charge in [-0.05, 0) is 65.4 Å². The van der Waals surface area contributed by atoms with E-state index in [0.29, 0.717) is 0 Å². The Hall–Kier alpha value is -3.93. The summed E-state index contributed by atoms with van der Waals surface area (Å²) in [4.78, 5) is 24.4. The van der Waals surface area contributed by atoms with Crippen molar-refractivity contribution < 1.29 is 4.79 Å². The lowest BCUT2D eigenvalue weighted by atomic mass is 9.86. The number of aromatic nitrogens is 2. The Morgan fingerprint density at radius 2 is 1.88 bits per heavy atom. The Bertz CT molecular complexity index is 1320. The van der Waals surface area contributed by atoms with E-state index in [2.05, 4.69) is 70.8 Å². The van der Waals surface area contributed by atoms with Crippen LogP contribution in [0.3, 0.4) is 0 Å². The maximum Gasteiger partial charge on any atom is 0.318 e. The summed E-state index contributed by atoms with van der Waals surface area (Å²) in [6.45, 7) is 4.35. The molecule has 1 atom stereocenters. The van der Waals surface area contributed by atoms with Gasteiger partial charge in [-0.3, -0.25) is 4.99 Å². The molecule has 1 unspecified atom stereocenters. The topological polar surface area (TPSA) is 82.2 Å². The summed E-state index contributed by atoms with van der Waals surface area (Å²) in [6, 6.07) is 20.5. The number of anilines is 1. The molecular weight excluding hydrogens is 422 g/mol. The van der Waals surface area contributed by atoms with Crippen LogP contribution in [0.5, 0.6) is 0 Å². The van der Waals surface area contributed by atoms with E-state index in [1.54, 1.807) is 7.05 Å². The average molecular weight is 454 g/mol. The van der Waals surface area contributed by atoms with Gasteiger partial charge in [0.25, 0.3) is 0 Å². The molecule has 0 fully saturated rings. The van der Waals surface area contributed by atoms with Crippen LogP contribution < -0.4 is 10.6 Å². The van der Waals surface area contributed by atoms with Crippen molar-refractivity contribution in [3.05, 3.63) is 83.6 Å². The van der Waals surface area contributed by atoms with Crippen LogP contribution in [-0.2, 0) is 6.42 Å². The third-order valence-electron chi connectivity index (χ3n) is 6.23. The standard InChI is InChI=1S/C28H31N5O/c1-5-18-8-7-9-20(16-18)25-17-24-23(14-15-31-27(24)33-25)22(6-2)26(29-3)19-10-12-21(13-11-19)32-28(34)30-4/h7-17,22H,5-6H2,1-4H3,(H,31,33)(H2,30,32,34). The first-order valence-electron chi connectivity index (χ1n) is 11.7. The van der Waals surface area contributed by atoms with E-state index in [4.69, 9.17) is 4.99 Å². The van der Waals surface area contributed by atoms with Crippen LogP contribution in [0.15, 0.2) is 71.9 Å². The summed E-state index contributed by atoms with van der Waals surface area (Å²) >= 11 is 0. The molecule has 34 heavy (non-hydrogen) atoms. The van der Waals surface area contributed by atoms with E-state index in [9.17, 15) is 4.79 Å². The van der Waals surface area contributed by atoms with Crippen molar-refractivity contribution in [2.45, 2.75) is 32.6 Å². The lowest BCUT2D eigenvalue weighted by molar-refractivity contribution is 0.254. The van der Waals surface area contributed by atoms with Crippen molar-refractivity contribution in [2.24, 2.45) is 4.99 Å². The Morgan fingerprint density at radius 3 is 2.56 bits per heavy atom. The van der Waals surface area contributed by atoms with Crippen LogP contribution in [0.2, 0.25) is 0 Å². The van der Waals surface area contributed by atoms with Gasteiger partial charge >= 0.3 is 6.03 Å². The number of nitrogens with one attached hydrogen (secondary N) is 3. The number of amides is 2. The average Bonchev–Trinajstić information content (AvgIpc) is 3.33. The van der Waals surface area contributed by atoms with Crippen molar-refractivity contribution in [1.29, 1.82) is 0 Å². The molecule has 2 aromatic heterocycles. The molecule has 6 heteroatoms. The number of fused-ring (bicyclic) bond motifs is 1. The number of benzene rings is 2. The summed E-state index contributed by atoms with van der Waals surface area (Å²) in [5.74, 6) is 0.110. The maximum absolute atomic E-state index is 11.6. The van der Waals surface area contributed by atoms with Crippen LogP contribution >= 0.6 is 0 Å². The molecule has 6 nitrogen and oxygen atoms in total. The number of H-pyrrole nitrogens is 1. The molecule has 0 bridgehead atoms. The Morgan fingerprint density at radius 1 is 1.09 bits per heavy atom. The smallest absolute Gasteiger partial charge is 0.318 e. The number of aryl methyl sites for hydroxylation is 1. The van der Waals surface area contributed by atoms with Crippen molar-refractivity contribution in [2.75, 3.05) is 19.4 Å². The maximum atomic E-state index is 11.6. The van der Waals surface area contributed by atoms with Gasteiger partial charge in [0, 0.05) is 48.7 Å². The van der Waals surface area contributed by atoms with E-state index in [0.717, 1.165) is 46.5 Å². The van der Waals surface area contributed by atoms with Crippen LogP contribution in [0.4, 0.5) is 10.5 Å². The molecule has 0 saturated heterocycles. The highest BCUT2D eigenvalue weighted by Crippen LogP contribution is 2.33. The second-order valence-electron chi connectivity index (χ2n) is 8.25. The number of rotatable bonds is 7. The largest absolute Gasteiger partial charge is 0.341 e. The molecule has 0 saturated carbocycles. The number of hydrogen-bond acceptors (Lipinski definition) is 3. The highest BCUT2D eigenvalue weighted by molar-refractivity contribution is 6.07. The minimum atomic E-state index is -0.240. The molecule has 0 aliphatic carbocycles. The zero-order valence-corrected chi connectivity index (χ0v) is 20.1. The molecule has 0 radical (unpaired) electrons. The van der Waals surface area contributed by atoms with Crippen LogP contribution in [0.1, 0.15) is 42.9 Å².